The standard InChI is InChI=1S/C11H15N5/c1-9-8-12-5-7-15(9)10-3-6-16-11(14-10)2-4-13-16/h2-4,6,9,12H,5,7-8H2,1H3. The van der Waals surface area contributed by atoms with Gasteiger partial charge in [-0.1, -0.05) is 0 Å². The van der Waals surface area contributed by atoms with Gasteiger partial charge in [0.1, 0.15) is 5.82 Å². The second kappa shape index (κ2) is 3.75. The van der Waals surface area contributed by atoms with Crippen LogP contribution in [0.2, 0.25) is 0 Å². The van der Waals surface area contributed by atoms with E-state index in [2.05, 4.69) is 27.2 Å². The maximum absolute atomic E-state index is 4.61. The van der Waals surface area contributed by atoms with Gasteiger partial charge in [0.05, 0.1) is 6.20 Å². The molecule has 1 saturated heterocycles. The Kier molecular flexibility index (Phi) is 2.25. The Morgan fingerprint density at radius 3 is 3.25 bits per heavy atom. The second-order valence-electron chi connectivity index (χ2n) is 4.17. The average molecular weight is 217 g/mol. The number of fused-ring (bicyclic) bond motifs is 1. The summed E-state index contributed by atoms with van der Waals surface area (Å²) in [6, 6.07) is 4.45. The lowest BCUT2D eigenvalue weighted by Gasteiger charge is -2.34. The molecule has 2 aromatic heterocycles. The molecule has 0 saturated carbocycles. The highest BCUT2D eigenvalue weighted by Crippen LogP contribution is 2.16. The smallest absolute Gasteiger partial charge is 0.157 e. The van der Waals surface area contributed by atoms with Crippen molar-refractivity contribution >= 4 is 11.5 Å². The number of rotatable bonds is 1. The molecule has 0 aliphatic carbocycles. The number of hydrogen-bond donors (Lipinski definition) is 1. The molecule has 84 valence electrons. The molecule has 16 heavy (non-hydrogen) atoms. The normalized spacial score (nSPS) is 21.6. The third-order valence-electron chi connectivity index (χ3n) is 3.04. The molecular formula is C11H15N5. The van der Waals surface area contributed by atoms with Gasteiger partial charge in [-0.15, -0.1) is 0 Å². The molecule has 0 bridgehead atoms. The van der Waals surface area contributed by atoms with Crippen LogP contribution in [0.3, 0.4) is 0 Å². The molecule has 1 N–H and O–H groups in total. The Balaban J connectivity index is 1.97. The first-order chi connectivity index (χ1) is 7.84. The maximum Gasteiger partial charge on any atom is 0.157 e. The highest BCUT2D eigenvalue weighted by Gasteiger charge is 2.19. The van der Waals surface area contributed by atoms with E-state index in [4.69, 9.17) is 0 Å². The summed E-state index contributed by atoms with van der Waals surface area (Å²) in [5.41, 5.74) is 0.906. The van der Waals surface area contributed by atoms with Crippen LogP contribution in [-0.4, -0.2) is 40.3 Å². The fourth-order valence-corrected chi connectivity index (χ4v) is 2.14. The molecule has 0 spiro atoms. The maximum atomic E-state index is 4.61. The zero-order chi connectivity index (χ0) is 11.0. The molecule has 1 unspecified atom stereocenters. The minimum Gasteiger partial charge on any atom is -0.351 e. The lowest BCUT2D eigenvalue weighted by molar-refractivity contribution is 0.497. The number of nitrogens with one attached hydrogen (secondary N) is 1. The van der Waals surface area contributed by atoms with Crippen molar-refractivity contribution in [1.82, 2.24) is 19.9 Å². The summed E-state index contributed by atoms with van der Waals surface area (Å²) in [7, 11) is 0. The summed E-state index contributed by atoms with van der Waals surface area (Å²) in [6.45, 7) is 5.27. The van der Waals surface area contributed by atoms with Crippen LogP contribution in [0.15, 0.2) is 24.5 Å². The van der Waals surface area contributed by atoms with Gasteiger partial charge in [0, 0.05) is 37.9 Å². The van der Waals surface area contributed by atoms with Crippen molar-refractivity contribution in [2.24, 2.45) is 0 Å². The van der Waals surface area contributed by atoms with E-state index in [9.17, 15) is 0 Å². The molecule has 0 amide bonds. The largest absolute Gasteiger partial charge is 0.351 e. The van der Waals surface area contributed by atoms with E-state index >= 15 is 0 Å². The lowest BCUT2D eigenvalue weighted by atomic mass is 10.2. The van der Waals surface area contributed by atoms with Crippen LogP contribution in [0.1, 0.15) is 6.92 Å². The number of anilines is 1. The van der Waals surface area contributed by atoms with Crippen molar-refractivity contribution in [3.8, 4) is 0 Å². The minimum atomic E-state index is 0.492. The Labute approximate surface area is 94.1 Å². The van der Waals surface area contributed by atoms with Crippen LogP contribution in [-0.2, 0) is 0 Å². The first-order valence-corrected chi connectivity index (χ1v) is 5.62. The summed E-state index contributed by atoms with van der Waals surface area (Å²) in [5.74, 6) is 1.04. The van der Waals surface area contributed by atoms with Gasteiger partial charge in [-0.05, 0) is 13.0 Å². The summed E-state index contributed by atoms with van der Waals surface area (Å²) >= 11 is 0. The predicted octanol–water partition coefficient (Wildman–Crippen LogP) is 0.527. The zero-order valence-electron chi connectivity index (χ0n) is 9.30. The number of aromatic nitrogens is 3. The lowest BCUT2D eigenvalue weighted by Crippen LogP contribution is -2.50. The molecule has 5 heteroatoms. The summed E-state index contributed by atoms with van der Waals surface area (Å²) in [4.78, 5) is 6.94. The number of piperazine rings is 1. The highest BCUT2D eigenvalue weighted by atomic mass is 15.3. The van der Waals surface area contributed by atoms with E-state index in [0.29, 0.717) is 6.04 Å². The van der Waals surface area contributed by atoms with Gasteiger partial charge in [-0.3, -0.25) is 0 Å². The predicted molar refractivity (Wildman–Crippen MR) is 62.7 cm³/mol. The third kappa shape index (κ3) is 1.53. The zero-order valence-corrected chi connectivity index (χ0v) is 9.30. The van der Waals surface area contributed by atoms with Crippen LogP contribution in [0.4, 0.5) is 5.82 Å². The van der Waals surface area contributed by atoms with E-state index in [-0.39, 0.29) is 0 Å². The Morgan fingerprint density at radius 2 is 2.38 bits per heavy atom. The molecule has 0 radical (unpaired) electrons. The van der Waals surface area contributed by atoms with Gasteiger partial charge in [0.15, 0.2) is 5.65 Å². The fraction of sp³-hybridized carbons (Fsp3) is 0.455. The van der Waals surface area contributed by atoms with Crippen molar-refractivity contribution in [2.75, 3.05) is 24.5 Å². The van der Waals surface area contributed by atoms with Gasteiger partial charge < -0.3 is 10.2 Å². The van der Waals surface area contributed by atoms with Crippen molar-refractivity contribution in [3.05, 3.63) is 24.5 Å². The monoisotopic (exact) mass is 217 g/mol. The molecule has 1 aliphatic heterocycles. The van der Waals surface area contributed by atoms with Crippen molar-refractivity contribution in [1.29, 1.82) is 0 Å². The molecule has 5 nitrogen and oxygen atoms in total. The minimum absolute atomic E-state index is 0.492. The van der Waals surface area contributed by atoms with Crippen LogP contribution < -0.4 is 10.2 Å². The average Bonchev–Trinajstić information content (AvgIpc) is 2.76. The molecule has 2 aromatic rings. The van der Waals surface area contributed by atoms with Crippen molar-refractivity contribution < 1.29 is 0 Å². The highest BCUT2D eigenvalue weighted by molar-refractivity contribution is 5.48. The van der Waals surface area contributed by atoms with E-state index in [0.717, 1.165) is 31.1 Å². The molecule has 3 rings (SSSR count). The third-order valence-corrected chi connectivity index (χ3v) is 3.04. The Morgan fingerprint density at radius 1 is 1.44 bits per heavy atom. The molecule has 0 aromatic carbocycles. The van der Waals surface area contributed by atoms with E-state index < -0.39 is 0 Å². The van der Waals surface area contributed by atoms with E-state index in [1.165, 1.54) is 0 Å². The van der Waals surface area contributed by atoms with Crippen LogP contribution in [0.25, 0.3) is 5.65 Å². The van der Waals surface area contributed by atoms with Crippen LogP contribution in [0, 0.1) is 0 Å². The van der Waals surface area contributed by atoms with Gasteiger partial charge in [-0.25, -0.2) is 9.50 Å². The first-order valence-electron chi connectivity index (χ1n) is 5.62. The Bertz CT molecular complexity index is 492. The number of hydrogen-bond acceptors (Lipinski definition) is 4. The van der Waals surface area contributed by atoms with Crippen LogP contribution >= 0.6 is 0 Å². The summed E-state index contributed by atoms with van der Waals surface area (Å²) < 4.78 is 1.79. The molecular weight excluding hydrogens is 202 g/mol. The van der Waals surface area contributed by atoms with Gasteiger partial charge in [-0.2, -0.15) is 5.10 Å². The number of nitrogens with zero attached hydrogens (tertiary/aromatic N) is 4. The molecule has 3 heterocycles. The molecule has 1 fully saturated rings. The molecule has 1 aliphatic rings. The summed E-state index contributed by atoms with van der Waals surface area (Å²) in [5, 5.41) is 7.53. The molecule has 1 atom stereocenters. The quantitative estimate of drug-likeness (QED) is 0.756. The van der Waals surface area contributed by atoms with Gasteiger partial charge in [0.25, 0.3) is 0 Å². The van der Waals surface area contributed by atoms with Crippen molar-refractivity contribution in [2.45, 2.75) is 13.0 Å². The van der Waals surface area contributed by atoms with E-state index in [1.54, 1.807) is 10.7 Å². The Hall–Kier alpha value is -1.62. The fourth-order valence-electron chi connectivity index (χ4n) is 2.14. The van der Waals surface area contributed by atoms with Crippen LogP contribution in [0.5, 0.6) is 0 Å². The van der Waals surface area contributed by atoms with Crippen molar-refractivity contribution in [3.63, 3.8) is 0 Å². The summed E-state index contributed by atoms with van der Waals surface area (Å²) in [6.07, 6.45) is 3.74. The second-order valence-corrected chi connectivity index (χ2v) is 4.17. The van der Waals surface area contributed by atoms with E-state index in [1.807, 2.05) is 18.3 Å². The SMILES string of the molecule is CC1CNCCN1c1ccn2nccc2n1. The van der Waals surface area contributed by atoms with Gasteiger partial charge in [0.2, 0.25) is 0 Å². The van der Waals surface area contributed by atoms with Gasteiger partial charge >= 0.3 is 0 Å². The first kappa shape index (κ1) is 9.59. The topological polar surface area (TPSA) is 45.5 Å².